The van der Waals surface area contributed by atoms with Crippen molar-refractivity contribution in [3.05, 3.63) is 40.1 Å². The van der Waals surface area contributed by atoms with Crippen LogP contribution in [0.15, 0.2) is 23.0 Å². The van der Waals surface area contributed by atoms with Crippen molar-refractivity contribution in [3.8, 4) is 0 Å². The van der Waals surface area contributed by atoms with Gasteiger partial charge in [0.2, 0.25) is 5.69 Å². The molecule has 5 nitrogen and oxygen atoms in total. The average Bonchev–Trinajstić information content (AvgIpc) is 2.38. The van der Waals surface area contributed by atoms with E-state index in [1.165, 1.54) is 22.8 Å². The Kier molecular flexibility index (Phi) is 3.59. The lowest BCUT2D eigenvalue weighted by molar-refractivity contribution is 0.0517. The van der Waals surface area contributed by atoms with Gasteiger partial charge in [-0.3, -0.25) is 4.79 Å². The van der Waals surface area contributed by atoms with Crippen molar-refractivity contribution in [3.63, 3.8) is 0 Å². The molecule has 0 atom stereocenters. The minimum absolute atomic E-state index is 0.160. The molecule has 0 unspecified atom stereocenters. The summed E-state index contributed by atoms with van der Waals surface area (Å²) in [5.74, 6) is -1.22. The Morgan fingerprint density at radius 2 is 2.16 bits per heavy atom. The number of nitrogens with zero attached hydrogens (tertiary/aromatic N) is 2. The number of rotatable bonds is 3. The molecule has 0 saturated carbocycles. The first-order valence-corrected chi connectivity index (χ1v) is 5.95. The Labute approximate surface area is 108 Å². The molecule has 0 aliphatic carbocycles. The van der Waals surface area contributed by atoms with Crippen LogP contribution in [-0.4, -0.2) is 22.1 Å². The molecule has 0 bridgehead atoms. The maximum atomic E-state index is 13.2. The molecule has 1 heterocycles. The highest BCUT2D eigenvalue weighted by atomic mass is 19.1. The summed E-state index contributed by atoms with van der Waals surface area (Å²) in [5, 5.41) is 0. The highest BCUT2D eigenvalue weighted by Crippen LogP contribution is 2.12. The summed E-state index contributed by atoms with van der Waals surface area (Å²) < 4.78 is 19.3. The van der Waals surface area contributed by atoms with Gasteiger partial charge in [0.05, 0.1) is 17.6 Å². The van der Waals surface area contributed by atoms with Crippen LogP contribution in [0, 0.1) is 5.82 Å². The van der Waals surface area contributed by atoms with E-state index in [0.29, 0.717) is 17.6 Å². The molecule has 1 aromatic carbocycles. The van der Waals surface area contributed by atoms with Crippen molar-refractivity contribution < 1.29 is 13.9 Å². The molecule has 0 radical (unpaired) electrons. The summed E-state index contributed by atoms with van der Waals surface area (Å²) in [6.45, 7) is 3.86. The van der Waals surface area contributed by atoms with Crippen LogP contribution in [0.3, 0.4) is 0 Å². The first kappa shape index (κ1) is 13.2. The van der Waals surface area contributed by atoms with Crippen LogP contribution in [-0.2, 0) is 11.3 Å². The highest BCUT2D eigenvalue weighted by Gasteiger charge is 2.18. The Hall–Kier alpha value is -2.24. The third-order valence-corrected chi connectivity index (χ3v) is 2.69. The van der Waals surface area contributed by atoms with Gasteiger partial charge in [-0.05, 0) is 32.0 Å². The quantitative estimate of drug-likeness (QED) is 0.792. The van der Waals surface area contributed by atoms with Crippen LogP contribution < -0.4 is 5.56 Å². The van der Waals surface area contributed by atoms with Crippen molar-refractivity contribution in [2.75, 3.05) is 6.61 Å². The van der Waals surface area contributed by atoms with Gasteiger partial charge in [-0.15, -0.1) is 0 Å². The molecular weight excluding hydrogens is 251 g/mol. The van der Waals surface area contributed by atoms with Crippen LogP contribution in [0.4, 0.5) is 4.39 Å². The summed E-state index contributed by atoms with van der Waals surface area (Å²) in [7, 11) is 0. The third-order valence-electron chi connectivity index (χ3n) is 2.69. The highest BCUT2D eigenvalue weighted by molar-refractivity contribution is 5.89. The topological polar surface area (TPSA) is 61.2 Å². The van der Waals surface area contributed by atoms with E-state index in [1.807, 2.05) is 0 Å². The lowest BCUT2D eigenvalue weighted by atomic mass is 10.2. The number of carbonyl (C=O) groups is 1. The lowest BCUT2D eigenvalue weighted by Gasteiger charge is -2.09. The second kappa shape index (κ2) is 5.17. The molecule has 100 valence electrons. The minimum Gasteiger partial charge on any atom is -0.461 e. The van der Waals surface area contributed by atoms with Gasteiger partial charge in [-0.2, -0.15) is 0 Å². The maximum Gasteiger partial charge on any atom is 0.362 e. The molecule has 0 N–H and O–H groups in total. The van der Waals surface area contributed by atoms with E-state index >= 15 is 0 Å². The Balaban J connectivity index is 2.75. The van der Waals surface area contributed by atoms with Gasteiger partial charge >= 0.3 is 5.97 Å². The summed E-state index contributed by atoms with van der Waals surface area (Å²) in [4.78, 5) is 27.8. The zero-order valence-corrected chi connectivity index (χ0v) is 10.6. The molecule has 6 heteroatoms. The predicted molar refractivity (Wildman–Crippen MR) is 67.6 cm³/mol. The van der Waals surface area contributed by atoms with E-state index in [0.717, 1.165) is 0 Å². The molecule has 2 rings (SSSR count). The first-order chi connectivity index (χ1) is 9.08. The van der Waals surface area contributed by atoms with Gasteiger partial charge in [-0.1, -0.05) is 0 Å². The minimum atomic E-state index is -0.763. The smallest absolute Gasteiger partial charge is 0.362 e. The molecule has 19 heavy (non-hydrogen) atoms. The SMILES string of the molecule is CCOC(=O)c1nc2ccc(F)cc2n(CC)c1=O. The third kappa shape index (κ3) is 2.33. The van der Waals surface area contributed by atoms with Gasteiger partial charge in [0.15, 0.2) is 0 Å². The Morgan fingerprint density at radius 3 is 2.79 bits per heavy atom. The van der Waals surface area contributed by atoms with E-state index in [1.54, 1.807) is 13.8 Å². The number of carbonyl (C=O) groups excluding carboxylic acids is 1. The summed E-state index contributed by atoms with van der Waals surface area (Å²) in [5.41, 5.74) is -0.103. The van der Waals surface area contributed by atoms with Crippen LogP contribution >= 0.6 is 0 Å². The second-order valence-corrected chi connectivity index (χ2v) is 3.86. The normalized spacial score (nSPS) is 10.7. The molecule has 0 fully saturated rings. The average molecular weight is 264 g/mol. The number of benzene rings is 1. The Morgan fingerprint density at radius 1 is 1.42 bits per heavy atom. The van der Waals surface area contributed by atoms with Crippen LogP contribution in [0.2, 0.25) is 0 Å². The monoisotopic (exact) mass is 264 g/mol. The summed E-state index contributed by atoms with van der Waals surface area (Å²) >= 11 is 0. The van der Waals surface area contributed by atoms with Gasteiger partial charge < -0.3 is 9.30 Å². The second-order valence-electron chi connectivity index (χ2n) is 3.86. The van der Waals surface area contributed by atoms with Gasteiger partial charge in [0.25, 0.3) is 5.56 Å². The van der Waals surface area contributed by atoms with Crippen molar-refractivity contribution in [2.24, 2.45) is 0 Å². The number of ether oxygens (including phenoxy) is 1. The fourth-order valence-electron chi connectivity index (χ4n) is 1.86. The largest absolute Gasteiger partial charge is 0.461 e. The van der Waals surface area contributed by atoms with Crippen LogP contribution in [0.5, 0.6) is 0 Å². The van der Waals surface area contributed by atoms with Crippen molar-refractivity contribution in [2.45, 2.75) is 20.4 Å². The van der Waals surface area contributed by atoms with Gasteiger partial charge in [-0.25, -0.2) is 14.2 Å². The number of halogens is 1. The zero-order chi connectivity index (χ0) is 14.0. The van der Waals surface area contributed by atoms with Crippen LogP contribution in [0.1, 0.15) is 24.3 Å². The van der Waals surface area contributed by atoms with E-state index in [9.17, 15) is 14.0 Å². The maximum absolute atomic E-state index is 13.2. The van der Waals surface area contributed by atoms with Crippen molar-refractivity contribution >= 4 is 17.0 Å². The number of hydrogen-bond donors (Lipinski definition) is 0. The molecule has 0 aliphatic heterocycles. The van der Waals surface area contributed by atoms with Crippen LogP contribution in [0.25, 0.3) is 11.0 Å². The fourth-order valence-corrected chi connectivity index (χ4v) is 1.86. The number of hydrogen-bond acceptors (Lipinski definition) is 4. The molecule has 0 aliphatic rings. The van der Waals surface area contributed by atoms with Crippen molar-refractivity contribution in [1.29, 1.82) is 0 Å². The molecular formula is C13H13FN2O3. The predicted octanol–water partition coefficient (Wildman–Crippen LogP) is 1.73. The van der Waals surface area contributed by atoms with E-state index < -0.39 is 17.3 Å². The zero-order valence-electron chi connectivity index (χ0n) is 10.6. The fraction of sp³-hybridized carbons (Fsp3) is 0.308. The number of aryl methyl sites for hydroxylation is 1. The standard InChI is InChI=1S/C13H13FN2O3/c1-3-16-10-7-8(14)5-6-9(10)15-11(12(16)17)13(18)19-4-2/h5-7H,3-4H2,1-2H3. The van der Waals surface area contributed by atoms with Gasteiger partial charge in [0.1, 0.15) is 5.82 Å². The molecule has 2 aromatic rings. The molecule has 0 saturated heterocycles. The lowest BCUT2D eigenvalue weighted by Crippen LogP contribution is -2.29. The molecule has 0 amide bonds. The molecule has 1 aromatic heterocycles. The number of aromatic nitrogens is 2. The summed E-state index contributed by atoms with van der Waals surface area (Å²) in [6, 6.07) is 3.88. The van der Waals surface area contributed by atoms with E-state index in [-0.39, 0.29) is 12.3 Å². The van der Waals surface area contributed by atoms with Gasteiger partial charge in [0, 0.05) is 6.54 Å². The number of fused-ring (bicyclic) bond motifs is 1. The first-order valence-electron chi connectivity index (χ1n) is 5.95. The van der Waals surface area contributed by atoms with E-state index in [4.69, 9.17) is 4.74 Å². The summed E-state index contributed by atoms with van der Waals surface area (Å²) in [6.07, 6.45) is 0. The van der Waals surface area contributed by atoms with E-state index in [2.05, 4.69) is 4.98 Å². The molecule has 0 spiro atoms. The number of esters is 1. The Bertz CT molecular complexity index is 694. The van der Waals surface area contributed by atoms with Crippen molar-refractivity contribution in [1.82, 2.24) is 9.55 Å².